The highest BCUT2D eigenvalue weighted by Crippen LogP contribution is 2.27. The van der Waals surface area contributed by atoms with Crippen LogP contribution < -0.4 is 11.3 Å². The molecule has 0 bridgehead atoms. The van der Waals surface area contributed by atoms with Crippen molar-refractivity contribution in [2.75, 3.05) is 12.5 Å². The first-order valence-corrected chi connectivity index (χ1v) is 6.95. The van der Waals surface area contributed by atoms with Gasteiger partial charge in [0.05, 0.1) is 0 Å². The standard InChI is InChI=1S/C15H23N3O/c1-11-4-3-5-14(10-11)18(2)15(19)12-6-8-13(17-16)9-7-12/h6-9,11,14,17H,3-5,10,16H2,1-2H3. The number of hydrazine groups is 1. The van der Waals surface area contributed by atoms with Crippen LogP contribution >= 0.6 is 0 Å². The van der Waals surface area contributed by atoms with E-state index >= 15 is 0 Å². The van der Waals surface area contributed by atoms with E-state index in [2.05, 4.69) is 12.3 Å². The molecule has 0 spiro atoms. The number of hydrogen-bond acceptors (Lipinski definition) is 3. The summed E-state index contributed by atoms with van der Waals surface area (Å²) in [4.78, 5) is 14.3. The van der Waals surface area contributed by atoms with Crippen LogP contribution in [0.15, 0.2) is 24.3 Å². The molecule has 1 amide bonds. The lowest BCUT2D eigenvalue weighted by atomic mass is 9.86. The summed E-state index contributed by atoms with van der Waals surface area (Å²) in [6.07, 6.45) is 4.74. The third kappa shape index (κ3) is 3.26. The van der Waals surface area contributed by atoms with Gasteiger partial charge in [-0.25, -0.2) is 0 Å². The molecule has 4 nitrogen and oxygen atoms in total. The van der Waals surface area contributed by atoms with Crippen LogP contribution in [0.3, 0.4) is 0 Å². The van der Waals surface area contributed by atoms with Gasteiger partial charge in [0.25, 0.3) is 5.91 Å². The van der Waals surface area contributed by atoms with E-state index in [9.17, 15) is 4.79 Å². The largest absolute Gasteiger partial charge is 0.339 e. The van der Waals surface area contributed by atoms with E-state index in [1.54, 1.807) is 0 Å². The fourth-order valence-corrected chi connectivity index (χ4v) is 2.83. The minimum atomic E-state index is 0.0997. The molecule has 1 aromatic carbocycles. The first-order chi connectivity index (χ1) is 9.11. The van der Waals surface area contributed by atoms with Crippen molar-refractivity contribution in [3.8, 4) is 0 Å². The normalized spacial score (nSPS) is 22.9. The van der Waals surface area contributed by atoms with Gasteiger partial charge in [0.15, 0.2) is 0 Å². The smallest absolute Gasteiger partial charge is 0.253 e. The molecule has 19 heavy (non-hydrogen) atoms. The summed E-state index contributed by atoms with van der Waals surface area (Å²) in [6, 6.07) is 7.67. The van der Waals surface area contributed by atoms with Crippen LogP contribution in [0.25, 0.3) is 0 Å². The lowest BCUT2D eigenvalue weighted by Crippen LogP contribution is -2.39. The molecule has 0 aromatic heterocycles. The number of nitrogens with one attached hydrogen (secondary N) is 1. The number of carbonyl (C=O) groups excluding carboxylic acids is 1. The Balaban J connectivity index is 2.05. The highest BCUT2D eigenvalue weighted by Gasteiger charge is 2.25. The summed E-state index contributed by atoms with van der Waals surface area (Å²) in [6.45, 7) is 2.27. The first-order valence-electron chi connectivity index (χ1n) is 6.95. The van der Waals surface area contributed by atoms with Gasteiger partial charge in [-0.15, -0.1) is 0 Å². The Labute approximate surface area is 114 Å². The van der Waals surface area contributed by atoms with E-state index < -0.39 is 0 Å². The predicted molar refractivity (Wildman–Crippen MR) is 77.8 cm³/mol. The Morgan fingerprint density at radius 2 is 2.00 bits per heavy atom. The third-order valence-electron chi connectivity index (χ3n) is 4.08. The second-order valence-corrected chi connectivity index (χ2v) is 5.56. The Kier molecular flexibility index (Phi) is 4.43. The average Bonchev–Trinajstić information content (AvgIpc) is 2.46. The van der Waals surface area contributed by atoms with E-state index in [1.165, 1.54) is 12.8 Å². The zero-order chi connectivity index (χ0) is 13.8. The molecule has 3 N–H and O–H groups in total. The van der Waals surface area contributed by atoms with Crippen LogP contribution in [0, 0.1) is 5.92 Å². The Bertz CT molecular complexity index is 430. The van der Waals surface area contributed by atoms with E-state index in [-0.39, 0.29) is 5.91 Å². The molecule has 0 saturated heterocycles. The van der Waals surface area contributed by atoms with Crippen molar-refractivity contribution in [1.82, 2.24) is 4.90 Å². The maximum atomic E-state index is 12.4. The van der Waals surface area contributed by atoms with Gasteiger partial charge < -0.3 is 10.3 Å². The minimum Gasteiger partial charge on any atom is -0.339 e. The Morgan fingerprint density at radius 3 is 2.58 bits per heavy atom. The number of benzene rings is 1. The monoisotopic (exact) mass is 261 g/mol. The molecule has 104 valence electrons. The molecule has 2 atom stereocenters. The SMILES string of the molecule is CC1CCCC(N(C)C(=O)c2ccc(NN)cc2)C1. The molecule has 0 aliphatic heterocycles. The molecule has 1 fully saturated rings. The Morgan fingerprint density at radius 1 is 1.32 bits per heavy atom. The summed E-state index contributed by atoms with van der Waals surface area (Å²) >= 11 is 0. The zero-order valence-electron chi connectivity index (χ0n) is 11.7. The van der Waals surface area contributed by atoms with Crippen LogP contribution in [0.5, 0.6) is 0 Å². The van der Waals surface area contributed by atoms with Crippen molar-refractivity contribution in [3.63, 3.8) is 0 Å². The van der Waals surface area contributed by atoms with Crippen LogP contribution in [0.4, 0.5) is 5.69 Å². The van der Waals surface area contributed by atoms with Gasteiger partial charge in [0, 0.05) is 24.3 Å². The number of carbonyl (C=O) groups is 1. The van der Waals surface area contributed by atoms with Gasteiger partial charge in [-0.05, 0) is 43.0 Å². The van der Waals surface area contributed by atoms with Gasteiger partial charge in [-0.1, -0.05) is 19.8 Å². The average molecular weight is 261 g/mol. The van der Waals surface area contributed by atoms with Crippen LogP contribution in [-0.4, -0.2) is 23.9 Å². The molecule has 0 heterocycles. The highest BCUT2D eigenvalue weighted by molar-refractivity contribution is 5.94. The highest BCUT2D eigenvalue weighted by atomic mass is 16.2. The lowest BCUT2D eigenvalue weighted by molar-refractivity contribution is 0.0672. The Hall–Kier alpha value is -1.55. The molecule has 1 saturated carbocycles. The fraction of sp³-hybridized carbons (Fsp3) is 0.533. The molecule has 4 heteroatoms. The van der Waals surface area contributed by atoms with Crippen LogP contribution in [0.2, 0.25) is 0 Å². The number of nitrogen functional groups attached to an aromatic ring is 1. The van der Waals surface area contributed by atoms with Gasteiger partial charge in [0.1, 0.15) is 0 Å². The van der Waals surface area contributed by atoms with E-state index in [0.717, 1.165) is 30.0 Å². The predicted octanol–water partition coefficient (Wildman–Crippen LogP) is 2.62. The molecule has 2 unspecified atom stereocenters. The molecule has 1 aromatic rings. The number of nitrogens with two attached hydrogens (primary N) is 1. The number of nitrogens with zero attached hydrogens (tertiary/aromatic N) is 1. The van der Waals surface area contributed by atoms with Crippen molar-refractivity contribution in [3.05, 3.63) is 29.8 Å². The summed E-state index contributed by atoms with van der Waals surface area (Å²) in [7, 11) is 1.92. The van der Waals surface area contributed by atoms with Gasteiger partial charge in [-0.3, -0.25) is 10.6 Å². The van der Waals surface area contributed by atoms with Crippen molar-refractivity contribution in [2.45, 2.75) is 38.6 Å². The molecule has 0 radical (unpaired) electrons. The summed E-state index contributed by atoms with van der Waals surface area (Å²) in [5.74, 6) is 6.14. The minimum absolute atomic E-state index is 0.0997. The van der Waals surface area contributed by atoms with Crippen molar-refractivity contribution in [1.29, 1.82) is 0 Å². The number of amides is 1. The summed E-state index contributed by atoms with van der Waals surface area (Å²) < 4.78 is 0. The fourth-order valence-electron chi connectivity index (χ4n) is 2.83. The maximum Gasteiger partial charge on any atom is 0.253 e. The maximum absolute atomic E-state index is 12.4. The van der Waals surface area contributed by atoms with Crippen LogP contribution in [0.1, 0.15) is 43.0 Å². The number of anilines is 1. The van der Waals surface area contributed by atoms with Crippen LogP contribution in [-0.2, 0) is 0 Å². The molecule has 1 aliphatic carbocycles. The van der Waals surface area contributed by atoms with Gasteiger partial charge in [-0.2, -0.15) is 0 Å². The second kappa shape index (κ2) is 6.06. The topological polar surface area (TPSA) is 58.4 Å². The summed E-state index contributed by atoms with van der Waals surface area (Å²) in [5, 5.41) is 0. The van der Waals surface area contributed by atoms with Crippen molar-refractivity contribution in [2.24, 2.45) is 11.8 Å². The van der Waals surface area contributed by atoms with Crippen molar-refractivity contribution < 1.29 is 4.79 Å². The van der Waals surface area contributed by atoms with E-state index in [0.29, 0.717) is 6.04 Å². The lowest BCUT2D eigenvalue weighted by Gasteiger charge is -2.34. The first kappa shape index (κ1) is 13.9. The zero-order valence-corrected chi connectivity index (χ0v) is 11.7. The van der Waals surface area contributed by atoms with Gasteiger partial charge >= 0.3 is 0 Å². The quantitative estimate of drug-likeness (QED) is 0.649. The van der Waals surface area contributed by atoms with E-state index in [4.69, 9.17) is 5.84 Å². The second-order valence-electron chi connectivity index (χ2n) is 5.56. The summed E-state index contributed by atoms with van der Waals surface area (Å²) in [5.41, 5.74) is 4.10. The van der Waals surface area contributed by atoms with E-state index in [1.807, 2.05) is 36.2 Å². The molecular weight excluding hydrogens is 238 g/mol. The number of rotatable bonds is 3. The number of hydrogen-bond donors (Lipinski definition) is 2. The van der Waals surface area contributed by atoms with Crippen molar-refractivity contribution >= 4 is 11.6 Å². The van der Waals surface area contributed by atoms with Gasteiger partial charge in [0.2, 0.25) is 0 Å². The molecule has 2 rings (SSSR count). The molecular formula is C15H23N3O. The molecule has 1 aliphatic rings. The third-order valence-corrected chi connectivity index (χ3v) is 4.08.